The van der Waals surface area contributed by atoms with Gasteiger partial charge in [0.1, 0.15) is 4.21 Å². The predicted octanol–water partition coefficient (Wildman–Crippen LogP) is 9.12. The molecule has 0 unspecified atom stereocenters. The summed E-state index contributed by atoms with van der Waals surface area (Å²) < 4.78 is 29.4. The lowest BCUT2D eigenvalue weighted by molar-refractivity contribution is 0.0981. The van der Waals surface area contributed by atoms with Crippen LogP contribution in [0.25, 0.3) is 11.1 Å². The number of benzene rings is 4. The molecule has 1 amide bonds. The van der Waals surface area contributed by atoms with Crippen LogP contribution in [0.2, 0.25) is 5.02 Å². The normalized spacial score (nSPS) is 14.3. The number of rotatable bonds is 16. The van der Waals surface area contributed by atoms with Gasteiger partial charge in [0, 0.05) is 78.3 Å². The first-order chi connectivity index (χ1) is 26.4. The van der Waals surface area contributed by atoms with Crippen LogP contribution in [0.3, 0.4) is 0 Å². The Labute approximate surface area is 339 Å². The van der Waals surface area contributed by atoms with Crippen molar-refractivity contribution in [1.82, 2.24) is 14.5 Å². The molecule has 290 valence electrons. The fourth-order valence-electron chi connectivity index (χ4n) is 6.47. The maximum atomic E-state index is 13.5. The van der Waals surface area contributed by atoms with Crippen LogP contribution in [0.5, 0.6) is 0 Å². The van der Waals surface area contributed by atoms with E-state index in [0.29, 0.717) is 11.6 Å². The van der Waals surface area contributed by atoms with Gasteiger partial charge < -0.3 is 15.1 Å². The zero-order chi connectivity index (χ0) is 39.0. The van der Waals surface area contributed by atoms with E-state index in [-0.39, 0.29) is 10.3 Å². The van der Waals surface area contributed by atoms with Crippen LogP contribution in [0.1, 0.15) is 41.8 Å². The van der Waals surface area contributed by atoms with Crippen LogP contribution >= 0.6 is 34.7 Å². The lowest BCUT2D eigenvalue weighted by Crippen LogP contribution is -2.46. The smallest absolute Gasteiger partial charge is 0.273 e. The first kappa shape index (κ1) is 40.8. The van der Waals surface area contributed by atoms with Crippen LogP contribution in [0.15, 0.2) is 118 Å². The largest absolute Gasteiger partial charge is 0.373 e. The number of hydrogen-bond acceptors (Lipinski definition) is 9. The third kappa shape index (κ3) is 11.1. The minimum atomic E-state index is -4.08. The topological polar surface area (TPSA) is 85.0 Å². The van der Waals surface area contributed by atoms with Crippen LogP contribution in [-0.4, -0.2) is 81.7 Å². The minimum absolute atomic E-state index is 0.111. The fraction of sp³-hybridized carbons (Fsp3) is 0.326. The zero-order valence-electron chi connectivity index (χ0n) is 31.9. The van der Waals surface area contributed by atoms with Crippen LogP contribution in [0, 0.1) is 6.92 Å². The standard InChI is InChI=1S/C43H50ClN5O3S3/c1-31(2)47(4)23-22-37(30-53-39-11-6-5-7-12-39)45-43-32(3)28-41(54-43)55(51,52)46-42(50)34-16-20-38(21-17-34)49-26-24-48(25-27-49)29-35-10-8-9-13-40(35)33-14-18-36(44)19-15-33/h5-21,28,31,37,45H,22-27,29-30H2,1-4H3,(H,46,50)/t37-/m1/s1. The first-order valence-electron chi connectivity index (χ1n) is 18.7. The molecule has 55 heavy (non-hydrogen) atoms. The Kier molecular flexibility index (Phi) is 14.0. The van der Waals surface area contributed by atoms with Crippen molar-refractivity contribution in [3.8, 4) is 11.1 Å². The quantitative estimate of drug-likeness (QED) is 0.0956. The third-order valence-electron chi connectivity index (χ3n) is 10.1. The number of anilines is 2. The van der Waals surface area contributed by atoms with Crippen molar-refractivity contribution in [2.75, 3.05) is 55.7 Å². The Morgan fingerprint density at radius 2 is 1.58 bits per heavy atom. The molecule has 6 rings (SSSR count). The Morgan fingerprint density at radius 3 is 2.27 bits per heavy atom. The number of hydrogen-bond donors (Lipinski definition) is 2. The third-order valence-corrected chi connectivity index (χ3v) is 14.5. The molecular weight excluding hydrogens is 766 g/mol. The Balaban J connectivity index is 1.03. The van der Waals surface area contributed by atoms with E-state index in [2.05, 4.69) is 94.2 Å². The van der Waals surface area contributed by atoms with Crippen molar-refractivity contribution >= 4 is 61.3 Å². The summed E-state index contributed by atoms with van der Waals surface area (Å²) in [6, 6.07) is 36.2. The highest BCUT2D eigenvalue weighted by Gasteiger charge is 2.25. The van der Waals surface area contributed by atoms with Gasteiger partial charge in [0.05, 0.1) is 5.00 Å². The fourth-order valence-corrected chi connectivity index (χ4v) is 10.1. The maximum absolute atomic E-state index is 13.5. The van der Waals surface area contributed by atoms with Crippen LogP contribution in [0.4, 0.5) is 10.7 Å². The number of carbonyl (C=O) groups excluding carboxylic acids is 1. The summed E-state index contributed by atoms with van der Waals surface area (Å²) >= 11 is 9.08. The van der Waals surface area contributed by atoms with Gasteiger partial charge in [-0.1, -0.05) is 66.2 Å². The SMILES string of the molecule is Cc1cc(S(=O)(=O)NC(=O)c2ccc(N3CCN(Cc4ccccc4-c4ccc(Cl)cc4)CC3)cc2)sc1N[C@H](CCN(C)C(C)C)CSc1ccccc1. The number of thioether (sulfide) groups is 1. The number of halogens is 1. The molecule has 2 N–H and O–H groups in total. The van der Waals surface area contributed by atoms with Crippen LogP contribution < -0.4 is 14.9 Å². The number of carbonyl (C=O) groups is 1. The molecule has 0 radical (unpaired) electrons. The second-order valence-corrected chi connectivity index (χ2v) is 18.8. The van der Waals surface area contributed by atoms with E-state index in [9.17, 15) is 13.2 Å². The molecule has 1 fully saturated rings. The van der Waals surface area contributed by atoms with Crippen molar-refractivity contribution in [3.05, 3.63) is 131 Å². The van der Waals surface area contributed by atoms with Gasteiger partial charge in [-0.3, -0.25) is 9.69 Å². The van der Waals surface area contributed by atoms with Gasteiger partial charge in [-0.05, 0) is 111 Å². The molecule has 8 nitrogen and oxygen atoms in total. The number of thiophene rings is 1. The second kappa shape index (κ2) is 18.9. The molecule has 1 atom stereocenters. The van der Waals surface area contributed by atoms with Crippen molar-refractivity contribution in [1.29, 1.82) is 0 Å². The number of sulfonamides is 1. The van der Waals surface area contributed by atoms with E-state index in [0.717, 1.165) is 89.6 Å². The van der Waals surface area contributed by atoms with Gasteiger partial charge in [0.15, 0.2) is 0 Å². The molecule has 0 bridgehead atoms. The Morgan fingerprint density at radius 1 is 0.909 bits per heavy atom. The van der Waals surface area contributed by atoms with Gasteiger partial charge in [-0.25, -0.2) is 13.1 Å². The Bertz CT molecular complexity index is 2120. The number of aryl methyl sites for hydroxylation is 1. The van der Waals surface area contributed by atoms with Gasteiger partial charge in [0.25, 0.3) is 15.9 Å². The molecule has 4 aromatic carbocycles. The van der Waals surface area contributed by atoms with Crippen molar-refractivity contribution in [2.24, 2.45) is 0 Å². The number of nitrogens with one attached hydrogen (secondary N) is 2. The highest BCUT2D eigenvalue weighted by atomic mass is 35.5. The van der Waals surface area contributed by atoms with Crippen molar-refractivity contribution in [3.63, 3.8) is 0 Å². The summed E-state index contributed by atoms with van der Waals surface area (Å²) in [4.78, 5) is 21.5. The number of piperazine rings is 1. The average Bonchev–Trinajstić information content (AvgIpc) is 3.57. The highest BCUT2D eigenvalue weighted by molar-refractivity contribution is 7.99. The van der Waals surface area contributed by atoms with Gasteiger partial charge >= 0.3 is 0 Å². The molecule has 1 aliphatic heterocycles. The monoisotopic (exact) mass is 815 g/mol. The predicted molar refractivity (Wildman–Crippen MR) is 231 cm³/mol. The summed E-state index contributed by atoms with van der Waals surface area (Å²) in [5, 5.41) is 5.16. The van der Waals surface area contributed by atoms with Crippen molar-refractivity contribution in [2.45, 2.75) is 54.9 Å². The van der Waals surface area contributed by atoms with E-state index in [1.54, 1.807) is 30.0 Å². The summed E-state index contributed by atoms with van der Waals surface area (Å²) in [6.45, 7) is 11.5. The van der Waals surface area contributed by atoms with E-state index >= 15 is 0 Å². The summed E-state index contributed by atoms with van der Waals surface area (Å²) in [7, 11) is -1.96. The highest BCUT2D eigenvalue weighted by Crippen LogP contribution is 2.33. The van der Waals surface area contributed by atoms with E-state index in [4.69, 9.17) is 11.6 Å². The van der Waals surface area contributed by atoms with Gasteiger partial charge in [-0.15, -0.1) is 23.1 Å². The minimum Gasteiger partial charge on any atom is -0.373 e. The van der Waals surface area contributed by atoms with Crippen molar-refractivity contribution < 1.29 is 13.2 Å². The van der Waals surface area contributed by atoms with E-state index in [1.165, 1.54) is 16.0 Å². The first-order valence-corrected chi connectivity index (χ1v) is 22.3. The zero-order valence-corrected chi connectivity index (χ0v) is 35.1. The summed E-state index contributed by atoms with van der Waals surface area (Å²) in [5.74, 6) is 0.183. The molecule has 5 aromatic rings. The molecule has 1 saturated heterocycles. The van der Waals surface area contributed by atoms with E-state index in [1.807, 2.05) is 49.4 Å². The molecule has 1 aromatic heterocycles. The molecule has 2 heterocycles. The molecule has 12 heteroatoms. The van der Waals surface area contributed by atoms with E-state index < -0.39 is 15.9 Å². The van der Waals surface area contributed by atoms with Gasteiger partial charge in [-0.2, -0.15) is 0 Å². The molecular formula is C43H50ClN5O3S3. The van der Waals surface area contributed by atoms with Crippen LogP contribution in [-0.2, 0) is 16.6 Å². The maximum Gasteiger partial charge on any atom is 0.273 e. The number of nitrogens with zero attached hydrogens (tertiary/aromatic N) is 3. The molecule has 0 spiro atoms. The molecule has 1 aliphatic rings. The average molecular weight is 817 g/mol. The lowest BCUT2D eigenvalue weighted by atomic mass is 9.99. The Hall–Kier alpha value is -3.84. The summed E-state index contributed by atoms with van der Waals surface area (Å²) in [5.41, 5.74) is 5.78. The molecule has 0 saturated carbocycles. The summed E-state index contributed by atoms with van der Waals surface area (Å²) in [6.07, 6.45) is 0.899. The molecule has 0 aliphatic carbocycles. The number of amides is 1. The lowest BCUT2D eigenvalue weighted by Gasteiger charge is -2.36. The van der Waals surface area contributed by atoms with Gasteiger partial charge in [0.2, 0.25) is 0 Å². The second-order valence-electron chi connectivity index (χ2n) is 14.3.